The zero-order valence-electron chi connectivity index (χ0n) is 11.2. The number of rotatable bonds is 2. The third-order valence-corrected chi connectivity index (χ3v) is 2.82. The summed E-state index contributed by atoms with van der Waals surface area (Å²) in [7, 11) is 1.43. The first-order valence-corrected chi connectivity index (χ1v) is 6.11. The number of benzene rings is 2. The summed E-state index contributed by atoms with van der Waals surface area (Å²) in [5.74, 6) is -2.13. The highest BCUT2D eigenvalue weighted by atomic mass is 19.1. The van der Waals surface area contributed by atoms with Gasteiger partial charge in [-0.3, -0.25) is 9.59 Å². The summed E-state index contributed by atoms with van der Waals surface area (Å²) in [6.45, 7) is 0. The number of halogens is 1. The van der Waals surface area contributed by atoms with E-state index in [2.05, 4.69) is 5.32 Å². The molecule has 0 bridgehead atoms. The molecule has 5 nitrogen and oxygen atoms in total. The van der Waals surface area contributed by atoms with Gasteiger partial charge in [-0.2, -0.15) is 0 Å². The molecule has 0 aliphatic carbocycles. The first-order valence-electron chi connectivity index (χ1n) is 6.11. The van der Waals surface area contributed by atoms with Gasteiger partial charge in [-0.1, -0.05) is 6.07 Å². The first kappa shape index (κ1) is 14.5. The Morgan fingerprint density at radius 2 is 1.81 bits per heavy atom. The van der Waals surface area contributed by atoms with Gasteiger partial charge in [0.05, 0.1) is 0 Å². The monoisotopic (exact) mass is 288 g/mol. The van der Waals surface area contributed by atoms with Gasteiger partial charge in [-0.15, -0.1) is 0 Å². The Hall–Kier alpha value is -2.89. The van der Waals surface area contributed by atoms with Crippen LogP contribution < -0.4 is 10.2 Å². The van der Waals surface area contributed by atoms with E-state index in [0.29, 0.717) is 5.69 Å². The molecule has 2 amide bonds. The van der Waals surface area contributed by atoms with Crippen LogP contribution in [0.4, 0.5) is 15.8 Å². The highest BCUT2D eigenvalue weighted by Gasteiger charge is 2.20. The fraction of sp³-hybridized carbons (Fsp3) is 0.0667. The summed E-state index contributed by atoms with van der Waals surface area (Å²) in [6, 6.07) is 11.1. The second kappa shape index (κ2) is 6.04. The SMILES string of the molecule is CN(C(=O)C(=O)Nc1cccc(F)c1)c1ccc(O)cc1. The van der Waals surface area contributed by atoms with Crippen LogP contribution in [-0.2, 0) is 9.59 Å². The summed E-state index contributed by atoms with van der Waals surface area (Å²) in [5.41, 5.74) is 0.652. The largest absolute Gasteiger partial charge is 0.508 e. The van der Waals surface area contributed by atoms with Crippen molar-refractivity contribution in [1.29, 1.82) is 0 Å². The minimum atomic E-state index is -0.879. The van der Waals surface area contributed by atoms with E-state index in [1.807, 2.05) is 0 Å². The number of carbonyl (C=O) groups is 2. The molecule has 0 saturated carbocycles. The average Bonchev–Trinajstić information content (AvgIpc) is 2.46. The van der Waals surface area contributed by atoms with Crippen molar-refractivity contribution in [3.63, 3.8) is 0 Å². The molecule has 2 aromatic carbocycles. The second-order valence-corrected chi connectivity index (χ2v) is 4.35. The van der Waals surface area contributed by atoms with Gasteiger partial charge in [0.25, 0.3) is 0 Å². The summed E-state index contributed by atoms with van der Waals surface area (Å²) >= 11 is 0. The second-order valence-electron chi connectivity index (χ2n) is 4.35. The van der Waals surface area contributed by atoms with Crippen molar-refractivity contribution in [2.45, 2.75) is 0 Å². The van der Waals surface area contributed by atoms with Crippen LogP contribution in [0, 0.1) is 5.82 Å². The van der Waals surface area contributed by atoms with Gasteiger partial charge in [-0.05, 0) is 42.5 Å². The normalized spacial score (nSPS) is 10.0. The molecule has 0 spiro atoms. The Morgan fingerprint density at radius 1 is 1.14 bits per heavy atom. The van der Waals surface area contributed by atoms with Crippen LogP contribution in [0.15, 0.2) is 48.5 Å². The van der Waals surface area contributed by atoms with Crippen LogP contribution in [0.5, 0.6) is 5.75 Å². The van der Waals surface area contributed by atoms with Crippen molar-refractivity contribution >= 4 is 23.2 Å². The molecule has 0 radical (unpaired) electrons. The van der Waals surface area contributed by atoms with Crippen molar-refractivity contribution in [1.82, 2.24) is 0 Å². The molecule has 0 unspecified atom stereocenters. The molecule has 0 aromatic heterocycles. The lowest BCUT2D eigenvalue weighted by atomic mass is 10.2. The van der Waals surface area contributed by atoms with Crippen LogP contribution in [0.2, 0.25) is 0 Å². The van der Waals surface area contributed by atoms with Crippen molar-refractivity contribution in [2.24, 2.45) is 0 Å². The quantitative estimate of drug-likeness (QED) is 0.832. The number of nitrogens with one attached hydrogen (secondary N) is 1. The van der Waals surface area contributed by atoms with Gasteiger partial charge in [0.1, 0.15) is 11.6 Å². The predicted molar refractivity (Wildman–Crippen MR) is 76.5 cm³/mol. The van der Waals surface area contributed by atoms with Crippen molar-refractivity contribution in [3.8, 4) is 5.75 Å². The molecule has 0 atom stereocenters. The van der Waals surface area contributed by atoms with E-state index in [1.54, 1.807) is 0 Å². The molecule has 2 aromatic rings. The Labute approximate surface area is 120 Å². The molecular formula is C15H13FN2O3. The minimum Gasteiger partial charge on any atom is -0.508 e. The van der Waals surface area contributed by atoms with Gasteiger partial charge in [0, 0.05) is 18.4 Å². The van der Waals surface area contributed by atoms with Crippen molar-refractivity contribution in [3.05, 3.63) is 54.3 Å². The van der Waals surface area contributed by atoms with Gasteiger partial charge in [-0.25, -0.2) is 4.39 Å². The standard InChI is InChI=1S/C15H13FN2O3/c1-18(12-5-7-13(19)8-6-12)15(21)14(20)17-11-4-2-3-10(16)9-11/h2-9,19H,1H3,(H,17,20). The zero-order chi connectivity index (χ0) is 15.4. The van der Waals surface area contributed by atoms with E-state index < -0.39 is 17.6 Å². The van der Waals surface area contributed by atoms with E-state index in [1.165, 1.54) is 49.5 Å². The lowest BCUT2D eigenvalue weighted by molar-refractivity contribution is -0.134. The van der Waals surface area contributed by atoms with Crippen LogP contribution in [0.25, 0.3) is 0 Å². The van der Waals surface area contributed by atoms with Crippen LogP contribution >= 0.6 is 0 Å². The smallest absolute Gasteiger partial charge is 0.316 e. The van der Waals surface area contributed by atoms with E-state index in [0.717, 1.165) is 11.0 Å². The van der Waals surface area contributed by atoms with Crippen molar-refractivity contribution in [2.75, 3.05) is 17.3 Å². The number of nitrogens with zero attached hydrogens (tertiary/aromatic N) is 1. The van der Waals surface area contributed by atoms with Crippen molar-refractivity contribution < 1.29 is 19.1 Å². The first-order chi connectivity index (χ1) is 9.97. The number of amides is 2. The highest BCUT2D eigenvalue weighted by Crippen LogP contribution is 2.17. The van der Waals surface area contributed by atoms with Crippen LogP contribution in [0.3, 0.4) is 0 Å². The fourth-order valence-electron chi connectivity index (χ4n) is 1.70. The maximum absolute atomic E-state index is 13.0. The predicted octanol–water partition coefficient (Wildman–Crippen LogP) is 2.13. The van der Waals surface area contributed by atoms with Gasteiger partial charge in [0.15, 0.2) is 0 Å². The third kappa shape index (κ3) is 3.56. The average molecular weight is 288 g/mol. The maximum atomic E-state index is 13.0. The van der Waals surface area contributed by atoms with Crippen LogP contribution in [0.1, 0.15) is 0 Å². The lowest BCUT2D eigenvalue weighted by Gasteiger charge is -2.16. The molecule has 21 heavy (non-hydrogen) atoms. The van der Waals surface area contributed by atoms with Gasteiger partial charge < -0.3 is 15.3 Å². The molecule has 0 aliphatic heterocycles. The Morgan fingerprint density at radius 3 is 2.43 bits per heavy atom. The summed E-state index contributed by atoms with van der Waals surface area (Å²) in [6.07, 6.45) is 0. The van der Waals surface area contributed by atoms with E-state index in [-0.39, 0.29) is 11.4 Å². The molecule has 2 N–H and O–H groups in total. The number of carbonyl (C=O) groups excluding carboxylic acids is 2. The summed E-state index contributed by atoms with van der Waals surface area (Å²) < 4.78 is 13.0. The maximum Gasteiger partial charge on any atom is 0.316 e. The topological polar surface area (TPSA) is 69.6 Å². The Balaban J connectivity index is 2.08. The molecule has 0 aliphatic rings. The minimum absolute atomic E-state index is 0.0591. The Kier molecular flexibility index (Phi) is 4.18. The van der Waals surface area contributed by atoms with E-state index >= 15 is 0 Å². The molecule has 6 heteroatoms. The molecule has 0 saturated heterocycles. The van der Waals surface area contributed by atoms with Gasteiger partial charge >= 0.3 is 11.8 Å². The number of anilines is 2. The van der Waals surface area contributed by atoms with Crippen LogP contribution in [-0.4, -0.2) is 24.0 Å². The molecular weight excluding hydrogens is 275 g/mol. The van der Waals surface area contributed by atoms with E-state index in [9.17, 15) is 19.1 Å². The molecule has 108 valence electrons. The number of aromatic hydroxyl groups is 1. The zero-order valence-corrected chi connectivity index (χ0v) is 11.2. The molecule has 2 rings (SSSR count). The lowest BCUT2D eigenvalue weighted by Crippen LogP contribution is -2.37. The number of hydrogen-bond acceptors (Lipinski definition) is 3. The Bertz CT molecular complexity index is 671. The van der Waals surface area contributed by atoms with Gasteiger partial charge in [0.2, 0.25) is 0 Å². The number of hydrogen-bond donors (Lipinski definition) is 2. The highest BCUT2D eigenvalue weighted by molar-refractivity contribution is 6.44. The van der Waals surface area contributed by atoms with E-state index in [4.69, 9.17) is 0 Å². The summed E-state index contributed by atoms with van der Waals surface area (Å²) in [5, 5.41) is 11.5. The third-order valence-electron chi connectivity index (χ3n) is 2.82. The molecule has 0 heterocycles. The number of likely N-dealkylation sites (N-methyl/N-ethyl adjacent to an activating group) is 1. The molecule has 0 fully saturated rings. The summed E-state index contributed by atoms with van der Waals surface area (Å²) in [4.78, 5) is 24.9. The fourth-order valence-corrected chi connectivity index (χ4v) is 1.70. The number of phenolic OH excluding ortho intramolecular Hbond substituents is 1. The number of phenols is 1.